The Hall–Kier alpha value is -2.41. The fourth-order valence-electron chi connectivity index (χ4n) is 2.34. The minimum absolute atomic E-state index is 0.118. The van der Waals surface area contributed by atoms with Crippen LogP contribution in [0, 0.1) is 5.92 Å². The number of methoxy groups -OCH3 is 1. The van der Waals surface area contributed by atoms with E-state index in [0.29, 0.717) is 0 Å². The number of nitrogens with zero attached hydrogens (tertiary/aromatic N) is 1. The van der Waals surface area contributed by atoms with Gasteiger partial charge >= 0.3 is 11.9 Å². The van der Waals surface area contributed by atoms with Gasteiger partial charge in [0.15, 0.2) is 6.04 Å². The molecule has 2 unspecified atom stereocenters. The average Bonchev–Trinajstić information content (AvgIpc) is 2.55. The van der Waals surface area contributed by atoms with Crippen LogP contribution in [-0.2, 0) is 30.5 Å². The van der Waals surface area contributed by atoms with Crippen LogP contribution in [0.25, 0.3) is 0 Å². The Labute approximate surface area is 128 Å². The van der Waals surface area contributed by atoms with Gasteiger partial charge in [0.2, 0.25) is 5.91 Å². The Balaban J connectivity index is 1.98. The monoisotopic (exact) mass is 306 g/mol. The number of benzene rings is 1. The predicted molar refractivity (Wildman–Crippen MR) is 76.1 cm³/mol. The highest BCUT2D eigenvalue weighted by atomic mass is 16.5. The molecular formula is C15H18N2O5. The molecule has 1 amide bonds. The van der Waals surface area contributed by atoms with Gasteiger partial charge in [0.05, 0.1) is 19.4 Å². The summed E-state index contributed by atoms with van der Waals surface area (Å²) in [4.78, 5) is 35.4. The lowest BCUT2D eigenvalue weighted by molar-refractivity contribution is -0.182. The van der Waals surface area contributed by atoms with Crippen LogP contribution in [0.5, 0.6) is 0 Å². The van der Waals surface area contributed by atoms with Crippen molar-refractivity contribution in [3.63, 3.8) is 0 Å². The van der Waals surface area contributed by atoms with Gasteiger partial charge in [-0.15, -0.1) is 0 Å². The second-order valence-electron chi connectivity index (χ2n) is 4.86. The lowest BCUT2D eigenvalue weighted by Crippen LogP contribution is -2.68. The van der Waals surface area contributed by atoms with E-state index in [4.69, 9.17) is 4.74 Å². The summed E-state index contributed by atoms with van der Waals surface area (Å²) in [6, 6.07) is 8.40. The van der Waals surface area contributed by atoms with Crippen molar-refractivity contribution in [3.05, 3.63) is 35.9 Å². The molecule has 1 N–H and O–H groups in total. The lowest BCUT2D eigenvalue weighted by Gasteiger charge is -2.43. The van der Waals surface area contributed by atoms with Crippen LogP contribution in [0.2, 0.25) is 0 Å². The summed E-state index contributed by atoms with van der Waals surface area (Å²) in [6.45, 7) is 0.118. The topological polar surface area (TPSA) is 84.9 Å². The second kappa shape index (κ2) is 7.04. The van der Waals surface area contributed by atoms with Crippen molar-refractivity contribution in [1.29, 1.82) is 0 Å². The highest BCUT2D eigenvalue weighted by Gasteiger charge is 2.53. The van der Waals surface area contributed by atoms with Gasteiger partial charge < -0.3 is 9.47 Å². The number of rotatable bonds is 6. The van der Waals surface area contributed by atoms with Crippen molar-refractivity contribution >= 4 is 17.8 Å². The minimum atomic E-state index is -0.819. The van der Waals surface area contributed by atoms with E-state index in [9.17, 15) is 14.4 Å². The molecule has 2 atom stereocenters. The van der Waals surface area contributed by atoms with Crippen LogP contribution >= 0.6 is 0 Å². The molecule has 1 aliphatic heterocycles. The molecule has 1 fully saturated rings. The van der Waals surface area contributed by atoms with Crippen molar-refractivity contribution in [1.82, 2.24) is 10.4 Å². The highest BCUT2D eigenvalue weighted by molar-refractivity contribution is 5.98. The van der Waals surface area contributed by atoms with Crippen molar-refractivity contribution < 1.29 is 23.9 Å². The van der Waals surface area contributed by atoms with E-state index in [0.717, 1.165) is 5.56 Å². The molecular weight excluding hydrogens is 288 g/mol. The fraction of sp³-hybridized carbons (Fsp3) is 0.400. The van der Waals surface area contributed by atoms with E-state index in [-0.39, 0.29) is 18.9 Å². The normalized spacial score (nSPS) is 20.3. The second-order valence-corrected chi connectivity index (χ2v) is 4.86. The molecule has 1 saturated heterocycles. The van der Waals surface area contributed by atoms with E-state index in [2.05, 4.69) is 10.2 Å². The van der Waals surface area contributed by atoms with Crippen LogP contribution in [0.3, 0.4) is 0 Å². The predicted octanol–water partition coefficient (Wildman–Crippen LogP) is 0.254. The largest absolute Gasteiger partial charge is 0.469 e. The third-order valence-corrected chi connectivity index (χ3v) is 3.53. The molecule has 7 heteroatoms. The number of carbonyl (C=O) groups excluding carboxylic acids is 3. The Morgan fingerprint density at radius 2 is 1.95 bits per heavy atom. The van der Waals surface area contributed by atoms with E-state index in [1.54, 1.807) is 0 Å². The number of esters is 2. The van der Waals surface area contributed by atoms with Crippen LogP contribution in [0.15, 0.2) is 30.3 Å². The summed E-state index contributed by atoms with van der Waals surface area (Å²) in [5, 5.41) is 1.17. The number of ether oxygens (including phenoxy) is 2. The van der Waals surface area contributed by atoms with Crippen molar-refractivity contribution in [2.75, 3.05) is 14.2 Å². The molecule has 22 heavy (non-hydrogen) atoms. The van der Waals surface area contributed by atoms with Crippen LogP contribution in [0.4, 0.5) is 0 Å². The smallest absolute Gasteiger partial charge is 0.331 e. The zero-order valence-corrected chi connectivity index (χ0v) is 12.4. The third-order valence-electron chi connectivity index (χ3n) is 3.53. The summed E-state index contributed by atoms with van der Waals surface area (Å²) in [5.74, 6) is -2.15. The Kier molecular flexibility index (Phi) is 5.11. The molecule has 0 spiro atoms. The molecule has 1 aromatic carbocycles. The first-order valence-electron chi connectivity index (χ1n) is 6.86. The maximum atomic E-state index is 12.2. The number of β-lactam (4-membered cyclic amide) rings is 1. The molecule has 0 aromatic heterocycles. The van der Waals surface area contributed by atoms with E-state index >= 15 is 0 Å². The summed E-state index contributed by atoms with van der Waals surface area (Å²) in [5.41, 5.74) is 3.48. The molecule has 0 saturated carbocycles. The third kappa shape index (κ3) is 3.25. The van der Waals surface area contributed by atoms with Crippen LogP contribution < -0.4 is 5.43 Å². The maximum Gasteiger partial charge on any atom is 0.331 e. The molecule has 2 rings (SSSR count). The van der Waals surface area contributed by atoms with Crippen molar-refractivity contribution in [3.8, 4) is 0 Å². The molecule has 0 radical (unpaired) electrons. The zero-order chi connectivity index (χ0) is 16.1. The summed E-state index contributed by atoms with van der Waals surface area (Å²) in [6.07, 6.45) is -0.140. The van der Waals surface area contributed by atoms with Crippen LogP contribution in [-0.4, -0.2) is 43.1 Å². The molecule has 0 aliphatic carbocycles. The van der Waals surface area contributed by atoms with Gasteiger partial charge in [-0.25, -0.2) is 10.2 Å². The molecule has 1 heterocycles. The summed E-state index contributed by atoms with van der Waals surface area (Å²) < 4.78 is 9.78. The molecule has 1 aromatic rings. The number of hydrazine groups is 1. The summed E-state index contributed by atoms with van der Waals surface area (Å²) >= 11 is 0. The van der Waals surface area contributed by atoms with Gasteiger partial charge in [-0.1, -0.05) is 30.3 Å². The first-order chi connectivity index (χ1) is 10.6. The van der Waals surface area contributed by atoms with E-state index < -0.39 is 23.9 Å². The summed E-state index contributed by atoms with van der Waals surface area (Å²) in [7, 11) is 2.77. The molecule has 1 aliphatic rings. The number of amides is 1. The highest BCUT2D eigenvalue weighted by Crippen LogP contribution is 2.29. The first-order valence-corrected chi connectivity index (χ1v) is 6.86. The van der Waals surface area contributed by atoms with Crippen LogP contribution in [0.1, 0.15) is 12.0 Å². The lowest BCUT2D eigenvalue weighted by atomic mass is 9.86. The number of hydrogen-bond acceptors (Lipinski definition) is 6. The van der Waals surface area contributed by atoms with E-state index in [1.807, 2.05) is 30.3 Å². The van der Waals surface area contributed by atoms with Crippen molar-refractivity contribution in [2.45, 2.75) is 19.1 Å². The number of hydrogen-bond donors (Lipinski definition) is 1. The van der Waals surface area contributed by atoms with Gasteiger partial charge in [-0.3, -0.25) is 14.6 Å². The SMILES string of the molecule is CNN1C(=O)C(CC(=O)OC)C1C(=O)OCc1ccccc1. The molecule has 118 valence electrons. The first kappa shape index (κ1) is 16.0. The molecule has 7 nitrogen and oxygen atoms in total. The van der Waals surface area contributed by atoms with Gasteiger partial charge in [-0.2, -0.15) is 0 Å². The molecule has 0 bridgehead atoms. The number of nitrogens with one attached hydrogen (secondary N) is 1. The van der Waals surface area contributed by atoms with Gasteiger partial charge in [0.1, 0.15) is 6.61 Å². The van der Waals surface area contributed by atoms with E-state index in [1.165, 1.54) is 19.2 Å². The zero-order valence-electron chi connectivity index (χ0n) is 12.4. The standard InChI is InChI=1S/C15H18N2O5/c1-16-17-13(11(14(17)19)8-12(18)21-2)15(20)22-9-10-6-4-3-5-7-10/h3-7,11,13,16H,8-9H2,1-2H3. The Morgan fingerprint density at radius 1 is 1.27 bits per heavy atom. The van der Waals surface area contributed by atoms with Gasteiger partial charge in [0, 0.05) is 7.05 Å². The minimum Gasteiger partial charge on any atom is -0.469 e. The maximum absolute atomic E-state index is 12.2. The quantitative estimate of drug-likeness (QED) is 0.599. The Morgan fingerprint density at radius 3 is 2.55 bits per heavy atom. The Bertz CT molecular complexity index is 560. The number of carbonyl (C=O) groups is 3. The average molecular weight is 306 g/mol. The van der Waals surface area contributed by atoms with Gasteiger partial charge in [-0.05, 0) is 5.56 Å². The fourth-order valence-corrected chi connectivity index (χ4v) is 2.34. The van der Waals surface area contributed by atoms with Gasteiger partial charge in [0.25, 0.3) is 0 Å². The van der Waals surface area contributed by atoms with Crippen molar-refractivity contribution in [2.24, 2.45) is 5.92 Å².